The van der Waals surface area contributed by atoms with Crippen LogP contribution in [0.15, 0.2) is 0 Å². The quantitative estimate of drug-likeness (QED) is 0.840. The number of anilines is 2. The summed E-state index contributed by atoms with van der Waals surface area (Å²) >= 11 is 0. The lowest BCUT2D eigenvalue weighted by Gasteiger charge is -2.29. The minimum Gasteiger partial charge on any atom is -0.391 e. The molecule has 0 spiro atoms. The molecule has 6 nitrogen and oxygen atoms in total. The lowest BCUT2D eigenvalue weighted by Crippen LogP contribution is -2.38. The first-order valence-corrected chi connectivity index (χ1v) is 7.60. The molecule has 6 heteroatoms. The Bertz CT molecular complexity index is 491. The summed E-state index contributed by atoms with van der Waals surface area (Å²) < 4.78 is 0. The molecule has 2 atom stereocenters. The Morgan fingerprint density at radius 1 is 1.38 bits per heavy atom. The van der Waals surface area contributed by atoms with E-state index in [4.69, 9.17) is 4.98 Å². The zero-order valence-electron chi connectivity index (χ0n) is 13.7. The molecule has 1 aliphatic rings. The summed E-state index contributed by atoms with van der Waals surface area (Å²) in [7, 11) is 6.01. The largest absolute Gasteiger partial charge is 0.391 e. The summed E-state index contributed by atoms with van der Waals surface area (Å²) in [4.78, 5) is 13.6. The van der Waals surface area contributed by atoms with Gasteiger partial charge in [0.1, 0.15) is 17.5 Å². The van der Waals surface area contributed by atoms with E-state index in [1.54, 1.807) is 0 Å². The van der Waals surface area contributed by atoms with Crippen molar-refractivity contribution in [1.82, 2.24) is 14.9 Å². The number of hydrogen-bond donors (Lipinski definition) is 2. The second kappa shape index (κ2) is 6.58. The van der Waals surface area contributed by atoms with Crippen LogP contribution >= 0.6 is 0 Å². The fourth-order valence-electron chi connectivity index (χ4n) is 2.98. The van der Waals surface area contributed by atoms with Gasteiger partial charge in [0.25, 0.3) is 0 Å². The molecule has 1 aromatic heterocycles. The van der Waals surface area contributed by atoms with Gasteiger partial charge in [-0.3, -0.25) is 0 Å². The van der Waals surface area contributed by atoms with E-state index in [1.807, 2.05) is 14.0 Å². The van der Waals surface area contributed by atoms with Crippen molar-refractivity contribution >= 4 is 11.6 Å². The number of nitrogens with one attached hydrogen (secondary N) is 1. The third-order valence-electron chi connectivity index (χ3n) is 3.96. The predicted molar refractivity (Wildman–Crippen MR) is 86.0 cm³/mol. The second-order valence-corrected chi connectivity index (χ2v) is 6.00. The van der Waals surface area contributed by atoms with E-state index < -0.39 is 0 Å². The van der Waals surface area contributed by atoms with E-state index in [0.717, 1.165) is 42.4 Å². The van der Waals surface area contributed by atoms with E-state index in [-0.39, 0.29) is 12.1 Å². The van der Waals surface area contributed by atoms with E-state index in [0.29, 0.717) is 6.54 Å². The molecule has 118 valence electrons. The Kier molecular flexibility index (Phi) is 5.00. The highest BCUT2D eigenvalue weighted by atomic mass is 16.3. The van der Waals surface area contributed by atoms with Crippen molar-refractivity contribution in [3.8, 4) is 0 Å². The molecule has 0 amide bonds. The second-order valence-electron chi connectivity index (χ2n) is 6.00. The first kappa shape index (κ1) is 16.0. The maximum atomic E-state index is 10.1. The molecule has 2 N–H and O–H groups in total. The van der Waals surface area contributed by atoms with Gasteiger partial charge < -0.3 is 20.2 Å². The SMILES string of the molecule is CCc1nc(NC)c(C)c(N2CC(O)CC2CN(C)C)n1. The van der Waals surface area contributed by atoms with E-state index >= 15 is 0 Å². The summed E-state index contributed by atoms with van der Waals surface area (Å²) in [6.45, 7) is 5.65. The fourth-order valence-corrected chi connectivity index (χ4v) is 2.98. The van der Waals surface area contributed by atoms with Crippen LogP contribution in [0, 0.1) is 6.92 Å². The van der Waals surface area contributed by atoms with Gasteiger partial charge in [-0.2, -0.15) is 0 Å². The molecular weight excluding hydrogens is 266 g/mol. The number of aliphatic hydroxyl groups excluding tert-OH is 1. The third kappa shape index (κ3) is 3.44. The molecule has 0 bridgehead atoms. The van der Waals surface area contributed by atoms with Gasteiger partial charge in [-0.1, -0.05) is 6.92 Å². The van der Waals surface area contributed by atoms with Gasteiger partial charge in [0.2, 0.25) is 0 Å². The summed E-state index contributed by atoms with van der Waals surface area (Å²) in [6, 6.07) is 0.290. The monoisotopic (exact) mass is 293 g/mol. The Morgan fingerprint density at radius 2 is 2.10 bits per heavy atom. The molecule has 2 heterocycles. The van der Waals surface area contributed by atoms with Crippen LogP contribution in [-0.4, -0.2) is 66.4 Å². The predicted octanol–water partition coefficient (Wildman–Crippen LogP) is 0.890. The first-order chi connectivity index (χ1) is 9.96. The van der Waals surface area contributed by atoms with Crippen LogP contribution in [0.3, 0.4) is 0 Å². The van der Waals surface area contributed by atoms with Crippen LogP contribution in [0.25, 0.3) is 0 Å². The first-order valence-electron chi connectivity index (χ1n) is 7.60. The number of nitrogens with zero attached hydrogens (tertiary/aromatic N) is 4. The van der Waals surface area contributed by atoms with Gasteiger partial charge >= 0.3 is 0 Å². The minimum atomic E-state index is -0.285. The van der Waals surface area contributed by atoms with Crippen molar-refractivity contribution in [3.05, 3.63) is 11.4 Å². The lowest BCUT2D eigenvalue weighted by atomic mass is 10.2. The molecule has 0 aliphatic carbocycles. The zero-order valence-corrected chi connectivity index (χ0v) is 13.7. The molecule has 1 saturated heterocycles. The highest BCUT2D eigenvalue weighted by Crippen LogP contribution is 2.30. The highest BCUT2D eigenvalue weighted by molar-refractivity contribution is 5.59. The highest BCUT2D eigenvalue weighted by Gasteiger charge is 2.33. The molecule has 0 radical (unpaired) electrons. The zero-order chi connectivity index (χ0) is 15.6. The minimum absolute atomic E-state index is 0.285. The van der Waals surface area contributed by atoms with Crippen molar-refractivity contribution in [2.45, 2.75) is 38.8 Å². The molecule has 1 fully saturated rings. The van der Waals surface area contributed by atoms with E-state index in [9.17, 15) is 5.11 Å². The van der Waals surface area contributed by atoms with Gasteiger partial charge in [-0.05, 0) is 27.4 Å². The number of aromatic nitrogens is 2. The van der Waals surface area contributed by atoms with Crippen LogP contribution in [0.4, 0.5) is 11.6 Å². The maximum Gasteiger partial charge on any atom is 0.137 e. The van der Waals surface area contributed by atoms with Gasteiger partial charge in [-0.25, -0.2) is 9.97 Å². The van der Waals surface area contributed by atoms with Crippen molar-refractivity contribution in [2.75, 3.05) is 44.4 Å². The Morgan fingerprint density at radius 3 is 2.67 bits per heavy atom. The summed E-state index contributed by atoms with van der Waals surface area (Å²) in [6.07, 6.45) is 1.31. The number of rotatable bonds is 5. The van der Waals surface area contributed by atoms with E-state index in [1.165, 1.54) is 0 Å². The standard InChI is InChI=1S/C15H27N5O/c1-6-13-17-14(16-3)10(2)15(18-13)20-9-12(21)7-11(20)8-19(4)5/h11-12,21H,6-9H2,1-5H3,(H,16,17,18). The van der Waals surface area contributed by atoms with Crippen LogP contribution in [-0.2, 0) is 6.42 Å². The van der Waals surface area contributed by atoms with Crippen molar-refractivity contribution in [1.29, 1.82) is 0 Å². The maximum absolute atomic E-state index is 10.1. The Balaban J connectivity index is 2.38. The summed E-state index contributed by atoms with van der Waals surface area (Å²) in [5, 5.41) is 13.2. The van der Waals surface area contributed by atoms with Crippen LogP contribution < -0.4 is 10.2 Å². The Labute approximate surface area is 127 Å². The number of aryl methyl sites for hydroxylation is 1. The van der Waals surface area contributed by atoms with Gasteiger partial charge in [0, 0.05) is 38.2 Å². The normalized spacial score (nSPS) is 22.1. The number of likely N-dealkylation sites (N-methyl/N-ethyl adjacent to an activating group) is 1. The van der Waals surface area contributed by atoms with Gasteiger partial charge in [0.15, 0.2) is 0 Å². The number of hydrogen-bond acceptors (Lipinski definition) is 6. The molecule has 21 heavy (non-hydrogen) atoms. The van der Waals surface area contributed by atoms with Crippen LogP contribution in [0.5, 0.6) is 0 Å². The summed E-state index contributed by atoms with van der Waals surface area (Å²) in [5.74, 6) is 2.67. The molecule has 1 aliphatic heterocycles. The molecular formula is C15H27N5O. The van der Waals surface area contributed by atoms with E-state index in [2.05, 4.69) is 41.1 Å². The average molecular weight is 293 g/mol. The molecule has 0 aromatic carbocycles. The summed E-state index contributed by atoms with van der Waals surface area (Å²) in [5.41, 5.74) is 1.05. The smallest absolute Gasteiger partial charge is 0.137 e. The molecule has 2 rings (SSSR count). The Hall–Kier alpha value is -1.40. The topological polar surface area (TPSA) is 64.5 Å². The fraction of sp³-hybridized carbons (Fsp3) is 0.733. The van der Waals surface area contributed by atoms with Gasteiger partial charge in [0.05, 0.1) is 6.10 Å². The molecule has 0 saturated carbocycles. The average Bonchev–Trinajstić information content (AvgIpc) is 2.78. The number of β-amino-alcohol motifs (C(OH)–C–C–N with tert-alkyl or cyclic N) is 1. The van der Waals surface area contributed by atoms with Crippen LogP contribution in [0.2, 0.25) is 0 Å². The van der Waals surface area contributed by atoms with Crippen molar-refractivity contribution < 1.29 is 5.11 Å². The lowest BCUT2D eigenvalue weighted by molar-refractivity contribution is 0.191. The van der Waals surface area contributed by atoms with Gasteiger partial charge in [-0.15, -0.1) is 0 Å². The van der Waals surface area contributed by atoms with Crippen molar-refractivity contribution in [3.63, 3.8) is 0 Å². The van der Waals surface area contributed by atoms with Crippen LogP contribution in [0.1, 0.15) is 24.7 Å². The third-order valence-corrected chi connectivity index (χ3v) is 3.96. The number of aliphatic hydroxyl groups is 1. The molecule has 2 unspecified atom stereocenters. The van der Waals surface area contributed by atoms with Crippen molar-refractivity contribution in [2.24, 2.45) is 0 Å². The molecule has 1 aromatic rings.